The van der Waals surface area contributed by atoms with Crippen molar-refractivity contribution in [2.24, 2.45) is 5.41 Å². The number of hydrogen-bond donors (Lipinski definition) is 1. The van der Waals surface area contributed by atoms with Gasteiger partial charge in [-0.25, -0.2) is 4.39 Å². The smallest absolute Gasteiger partial charge is 0.165 e. The van der Waals surface area contributed by atoms with Crippen LogP contribution < -0.4 is 10.1 Å². The van der Waals surface area contributed by atoms with E-state index in [-0.39, 0.29) is 11.6 Å². The Labute approximate surface area is 101 Å². The molecule has 0 saturated heterocycles. The molecule has 1 aromatic rings. The van der Waals surface area contributed by atoms with E-state index in [0.29, 0.717) is 13.1 Å². The fourth-order valence-electron chi connectivity index (χ4n) is 1.38. The van der Waals surface area contributed by atoms with Crippen LogP contribution in [0, 0.1) is 22.6 Å². The molecule has 1 N–H and O–H groups in total. The van der Waals surface area contributed by atoms with Crippen LogP contribution in [-0.4, -0.2) is 13.7 Å². The van der Waals surface area contributed by atoms with Gasteiger partial charge in [0.25, 0.3) is 0 Å². The van der Waals surface area contributed by atoms with Gasteiger partial charge in [-0.3, -0.25) is 0 Å². The molecule has 0 saturated carbocycles. The van der Waals surface area contributed by atoms with Crippen molar-refractivity contribution in [2.75, 3.05) is 13.7 Å². The van der Waals surface area contributed by atoms with E-state index >= 15 is 0 Å². The molecule has 1 aromatic carbocycles. The Morgan fingerprint density at radius 2 is 2.18 bits per heavy atom. The van der Waals surface area contributed by atoms with Crippen LogP contribution in [0.5, 0.6) is 5.75 Å². The maximum atomic E-state index is 13.4. The highest BCUT2D eigenvalue weighted by Gasteiger charge is 2.15. The van der Waals surface area contributed by atoms with Crippen molar-refractivity contribution < 1.29 is 9.13 Å². The predicted molar refractivity (Wildman–Crippen MR) is 64.1 cm³/mol. The zero-order chi connectivity index (χ0) is 12.9. The number of ether oxygens (including phenoxy) is 1. The van der Waals surface area contributed by atoms with Gasteiger partial charge in [-0.15, -0.1) is 0 Å². The van der Waals surface area contributed by atoms with Gasteiger partial charge in [-0.1, -0.05) is 6.07 Å². The highest BCUT2D eigenvalue weighted by Crippen LogP contribution is 2.18. The first-order chi connectivity index (χ1) is 7.98. The fourth-order valence-corrected chi connectivity index (χ4v) is 1.38. The SMILES string of the molecule is COc1ccc(CNCC(C)(C)C#N)cc1F. The highest BCUT2D eigenvalue weighted by atomic mass is 19.1. The molecule has 0 aliphatic carbocycles. The summed E-state index contributed by atoms with van der Waals surface area (Å²) in [5, 5.41) is 12.0. The number of methoxy groups -OCH3 is 1. The van der Waals surface area contributed by atoms with Gasteiger partial charge in [0.2, 0.25) is 0 Å². The molecule has 0 radical (unpaired) electrons. The summed E-state index contributed by atoms with van der Waals surface area (Å²) in [4.78, 5) is 0. The number of rotatable bonds is 5. The molecule has 0 amide bonds. The molecule has 0 aliphatic heterocycles. The Hall–Kier alpha value is -1.60. The molecule has 1 rings (SSSR count). The predicted octanol–water partition coefficient (Wildman–Crippen LogP) is 2.47. The van der Waals surface area contributed by atoms with Crippen LogP contribution in [0.15, 0.2) is 18.2 Å². The topological polar surface area (TPSA) is 45.0 Å². The summed E-state index contributed by atoms with van der Waals surface area (Å²) in [5.41, 5.74) is 0.419. The Balaban J connectivity index is 2.54. The van der Waals surface area contributed by atoms with Crippen LogP contribution in [0.3, 0.4) is 0 Å². The molecule has 0 unspecified atom stereocenters. The van der Waals surface area contributed by atoms with Crippen LogP contribution in [0.1, 0.15) is 19.4 Å². The largest absolute Gasteiger partial charge is 0.494 e. The molecular formula is C13H17FN2O. The third-order valence-corrected chi connectivity index (χ3v) is 2.41. The molecule has 17 heavy (non-hydrogen) atoms. The summed E-state index contributed by atoms with van der Waals surface area (Å²) < 4.78 is 18.2. The van der Waals surface area contributed by atoms with Crippen molar-refractivity contribution in [2.45, 2.75) is 20.4 Å². The maximum Gasteiger partial charge on any atom is 0.165 e. The second-order valence-electron chi connectivity index (χ2n) is 4.57. The van der Waals surface area contributed by atoms with Gasteiger partial charge in [0.15, 0.2) is 11.6 Å². The van der Waals surface area contributed by atoms with Gasteiger partial charge in [0.05, 0.1) is 18.6 Å². The summed E-state index contributed by atoms with van der Waals surface area (Å²) in [6, 6.07) is 7.04. The van der Waals surface area contributed by atoms with Crippen molar-refractivity contribution in [3.8, 4) is 11.8 Å². The van der Waals surface area contributed by atoms with Crippen molar-refractivity contribution in [1.29, 1.82) is 5.26 Å². The van der Waals surface area contributed by atoms with E-state index in [1.165, 1.54) is 13.2 Å². The second-order valence-corrected chi connectivity index (χ2v) is 4.57. The monoisotopic (exact) mass is 236 g/mol. The van der Waals surface area contributed by atoms with Gasteiger partial charge in [0, 0.05) is 13.1 Å². The first kappa shape index (κ1) is 13.5. The van der Waals surface area contributed by atoms with E-state index in [1.54, 1.807) is 12.1 Å². The lowest BCUT2D eigenvalue weighted by molar-refractivity contribution is 0.385. The standard InChI is InChI=1S/C13H17FN2O/c1-13(2,8-15)9-16-7-10-4-5-12(17-3)11(14)6-10/h4-6,16H,7,9H2,1-3H3. The summed E-state index contributed by atoms with van der Waals surface area (Å²) in [5.74, 6) is -0.127. The summed E-state index contributed by atoms with van der Waals surface area (Å²) in [7, 11) is 1.44. The number of hydrogen-bond acceptors (Lipinski definition) is 3. The molecule has 0 fully saturated rings. The van der Waals surface area contributed by atoms with E-state index in [1.807, 2.05) is 13.8 Å². The van der Waals surface area contributed by atoms with E-state index in [0.717, 1.165) is 5.56 Å². The summed E-state index contributed by atoms with van der Waals surface area (Å²) in [6.45, 7) is 4.81. The molecule has 92 valence electrons. The molecule has 0 heterocycles. The maximum absolute atomic E-state index is 13.4. The number of nitrogens with zero attached hydrogens (tertiary/aromatic N) is 1. The molecular weight excluding hydrogens is 219 g/mol. The number of nitrogens with one attached hydrogen (secondary N) is 1. The Morgan fingerprint density at radius 3 is 2.71 bits per heavy atom. The highest BCUT2D eigenvalue weighted by molar-refractivity contribution is 5.29. The average molecular weight is 236 g/mol. The van der Waals surface area contributed by atoms with E-state index in [4.69, 9.17) is 10.00 Å². The zero-order valence-corrected chi connectivity index (χ0v) is 10.4. The average Bonchev–Trinajstić information content (AvgIpc) is 2.29. The molecule has 0 spiro atoms. The molecule has 0 aromatic heterocycles. The minimum absolute atomic E-state index is 0.242. The van der Waals surface area contributed by atoms with Gasteiger partial charge < -0.3 is 10.1 Å². The Morgan fingerprint density at radius 1 is 1.47 bits per heavy atom. The minimum atomic E-state index is -0.412. The van der Waals surface area contributed by atoms with Gasteiger partial charge >= 0.3 is 0 Å². The summed E-state index contributed by atoms with van der Waals surface area (Å²) >= 11 is 0. The van der Waals surface area contributed by atoms with Gasteiger partial charge in [-0.05, 0) is 31.5 Å². The van der Waals surface area contributed by atoms with Crippen molar-refractivity contribution in [3.05, 3.63) is 29.6 Å². The van der Waals surface area contributed by atoms with Crippen LogP contribution in [0.4, 0.5) is 4.39 Å². The summed E-state index contributed by atoms with van der Waals surface area (Å²) in [6.07, 6.45) is 0. The Bertz CT molecular complexity index is 424. The van der Waals surface area contributed by atoms with Crippen LogP contribution in [0.25, 0.3) is 0 Å². The third-order valence-electron chi connectivity index (χ3n) is 2.41. The van der Waals surface area contributed by atoms with E-state index in [9.17, 15) is 4.39 Å². The Kier molecular flexibility index (Phi) is 4.47. The molecule has 0 atom stereocenters. The lowest BCUT2D eigenvalue weighted by Gasteiger charge is -2.15. The molecule has 0 aliphatic rings. The second kappa shape index (κ2) is 5.65. The normalized spacial score (nSPS) is 11.0. The van der Waals surface area contributed by atoms with Gasteiger partial charge in [0.1, 0.15) is 0 Å². The number of nitriles is 1. The minimum Gasteiger partial charge on any atom is -0.494 e. The lowest BCUT2D eigenvalue weighted by Crippen LogP contribution is -2.27. The number of benzene rings is 1. The van der Waals surface area contributed by atoms with Crippen molar-refractivity contribution in [3.63, 3.8) is 0 Å². The van der Waals surface area contributed by atoms with Gasteiger partial charge in [-0.2, -0.15) is 5.26 Å². The van der Waals surface area contributed by atoms with Crippen LogP contribution >= 0.6 is 0 Å². The first-order valence-electron chi connectivity index (χ1n) is 5.43. The van der Waals surface area contributed by atoms with Crippen LogP contribution in [-0.2, 0) is 6.54 Å². The lowest BCUT2D eigenvalue weighted by atomic mass is 9.96. The van der Waals surface area contributed by atoms with E-state index < -0.39 is 5.41 Å². The van der Waals surface area contributed by atoms with Crippen molar-refractivity contribution in [1.82, 2.24) is 5.32 Å². The fraction of sp³-hybridized carbons (Fsp3) is 0.462. The van der Waals surface area contributed by atoms with Crippen LogP contribution in [0.2, 0.25) is 0 Å². The van der Waals surface area contributed by atoms with Crippen molar-refractivity contribution >= 4 is 0 Å². The first-order valence-corrected chi connectivity index (χ1v) is 5.43. The molecule has 4 heteroatoms. The van der Waals surface area contributed by atoms with E-state index in [2.05, 4.69) is 11.4 Å². The molecule has 0 bridgehead atoms. The molecule has 3 nitrogen and oxygen atoms in total. The zero-order valence-electron chi connectivity index (χ0n) is 10.4. The third kappa shape index (κ3) is 4.04. The quantitative estimate of drug-likeness (QED) is 0.854. The number of halogens is 1.